The molecule has 2 amide bonds. The van der Waals surface area contributed by atoms with Gasteiger partial charge < -0.3 is 14.4 Å². The maximum Gasteiger partial charge on any atom is 0.256 e. The van der Waals surface area contributed by atoms with Crippen LogP contribution in [0, 0.1) is 5.92 Å². The number of hydroxylamine groups is 2. The highest BCUT2D eigenvalue weighted by Gasteiger charge is 2.19. The molecular formula is C23H30N2O5S2. The average Bonchev–Trinajstić information content (AvgIpc) is 2.83. The SMILES string of the molecule is CCOCCCC(CSSCCC(=O)NOc1ccccc1)C(=O)NOc1ccccc1. The molecule has 1 atom stereocenters. The van der Waals surface area contributed by atoms with Crippen molar-refractivity contribution in [3.8, 4) is 11.5 Å². The van der Waals surface area contributed by atoms with Crippen LogP contribution >= 0.6 is 21.6 Å². The second-order valence-corrected chi connectivity index (χ2v) is 9.34. The molecule has 0 aromatic heterocycles. The molecule has 2 rings (SSSR count). The van der Waals surface area contributed by atoms with E-state index < -0.39 is 0 Å². The van der Waals surface area contributed by atoms with Crippen LogP contribution < -0.4 is 20.6 Å². The molecule has 174 valence electrons. The van der Waals surface area contributed by atoms with E-state index in [1.807, 2.05) is 43.3 Å². The van der Waals surface area contributed by atoms with E-state index in [2.05, 4.69) is 11.0 Å². The average molecular weight is 479 g/mol. The molecule has 7 nitrogen and oxygen atoms in total. The van der Waals surface area contributed by atoms with E-state index in [-0.39, 0.29) is 17.7 Å². The molecule has 32 heavy (non-hydrogen) atoms. The van der Waals surface area contributed by atoms with Crippen LogP contribution in [0.3, 0.4) is 0 Å². The van der Waals surface area contributed by atoms with Crippen molar-refractivity contribution in [2.75, 3.05) is 24.7 Å². The quantitative estimate of drug-likeness (QED) is 0.210. The Hall–Kier alpha value is -2.36. The number of hydrogen-bond donors (Lipinski definition) is 2. The Morgan fingerprint density at radius 2 is 1.53 bits per heavy atom. The van der Waals surface area contributed by atoms with Gasteiger partial charge >= 0.3 is 0 Å². The summed E-state index contributed by atoms with van der Waals surface area (Å²) >= 11 is 0. The van der Waals surface area contributed by atoms with Gasteiger partial charge in [-0.25, -0.2) is 0 Å². The predicted octanol–water partition coefficient (Wildman–Crippen LogP) is 4.41. The second kappa shape index (κ2) is 16.3. The number of carbonyl (C=O) groups excluding carboxylic acids is 2. The third kappa shape index (κ3) is 11.3. The number of rotatable bonds is 16. The summed E-state index contributed by atoms with van der Waals surface area (Å²) in [4.78, 5) is 35.1. The lowest BCUT2D eigenvalue weighted by Crippen LogP contribution is -2.34. The highest BCUT2D eigenvalue weighted by Crippen LogP contribution is 2.26. The van der Waals surface area contributed by atoms with Crippen LogP contribution in [0.4, 0.5) is 0 Å². The summed E-state index contributed by atoms with van der Waals surface area (Å²) in [6, 6.07) is 18.2. The first kappa shape index (κ1) is 25.9. The van der Waals surface area contributed by atoms with Crippen molar-refractivity contribution in [3.05, 3.63) is 60.7 Å². The minimum absolute atomic E-state index is 0.160. The molecule has 0 aliphatic carbocycles. The molecule has 0 spiro atoms. The van der Waals surface area contributed by atoms with Crippen LogP contribution in [0.1, 0.15) is 26.2 Å². The van der Waals surface area contributed by atoms with Crippen molar-refractivity contribution in [3.63, 3.8) is 0 Å². The van der Waals surface area contributed by atoms with E-state index >= 15 is 0 Å². The first-order valence-electron chi connectivity index (χ1n) is 10.5. The van der Waals surface area contributed by atoms with E-state index in [9.17, 15) is 9.59 Å². The lowest BCUT2D eigenvalue weighted by molar-refractivity contribution is -0.131. The first-order valence-corrected chi connectivity index (χ1v) is 13.0. The summed E-state index contributed by atoms with van der Waals surface area (Å²) < 4.78 is 5.39. The molecular weight excluding hydrogens is 448 g/mol. The Morgan fingerprint density at radius 1 is 0.906 bits per heavy atom. The van der Waals surface area contributed by atoms with E-state index in [0.29, 0.717) is 49.1 Å². The lowest BCUT2D eigenvalue weighted by Gasteiger charge is -2.16. The third-order valence-corrected chi connectivity index (χ3v) is 6.70. The van der Waals surface area contributed by atoms with Crippen molar-refractivity contribution in [2.45, 2.75) is 26.2 Å². The molecule has 0 radical (unpaired) electrons. The van der Waals surface area contributed by atoms with Gasteiger partial charge in [0.1, 0.15) is 0 Å². The zero-order chi connectivity index (χ0) is 22.9. The van der Waals surface area contributed by atoms with Crippen LogP contribution in [0.5, 0.6) is 11.5 Å². The zero-order valence-corrected chi connectivity index (χ0v) is 19.8. The fraction of sp³-hybridized carbons (Fsp3) is 0.391. The molecule has 2 aromatic carbocycles. The maximum atomic E-state index is 12.6. The first-order chi connectivity index (χ1) is 15.7. The summed E-state index contributed by atoms with van der Waals surface area (Å²) in [6.07, 6.45) is 1.81. The van der Waals surface area contributed by atoms with Crippen LogP contribution in [0.25, 0.3) is 0 Å². The smallest absolute Gasteiger partial charge is 0.256 e. The number of carbonyl (C=O) groups is 2. The second-order valence-electron chi connectivity index (χ2n) is 6.71. The van der Waals surface area contributed by atoms with Gasteiger partial charge in [0.15, 0.2) is 11.5 Å². The van der Waals surface area contributed by atoms with Crippen LogP contribution in [0.2, 0.25) is 0 Å². The molecule has 0 aliphatic heterocycles. The summed E-state index contributed by atoms with van der Waals surface area (Å²) in [5.74, 6) is 1.83. The molecule has 0 aliphatic rings. The van der Waals surface area contributed by atoms with Crippen LogP contribution in [-0.4, -0.2) is 36.5 Å². The summed E-state index contributed by atoms with van der Waals surface area (Å²) in [7, 11) is 3.13. The van der Waals surface area contributed by atoms with Crippen molar-refractivity contribution in [2.24, 2.45) is 5.92 Å². The van der Waals surface area contributed by atoms with Crippen molar-refractivity contribution in [1.29, 1.82) is 0 Å². The van der Waals surface area contributed by atoms with Crippen molar-refractivity contribution in [1.82, 2.24) is 11.0 Å². The normalized spacial score (nSPS) is 11.4. The molecule has 9 heteroatoms. The molecule has 0 heterocycles. The minimum atomic E-state index is -0.216. The molecule has 0 saturated heterocycles. The summed E-state index contributed by atoms with van der Waals surface area (Å²) in [5.41, 5.74) is 4.98. The van der Waals surface area contributed by atoms with Gasteiger partial charge in [-0.1, -0.05) is 58.0 Å². The van der Waals surface area contributed by atoms with Crippen molar-refractivity contribution < 1.29 is 24.0 Å². The fourth-order valence-electron chi connectivity index (χ4n) is 2.53. The molecule has 0 bridgehead atoms. The number of para-hydroxylation sites is 2. The van der Waals surface area contributed by atoms with E-state index in [0.717, 1.165) is 6.42 Å². The highest BCUT2D eigenvalue weighted by molar-refractivity contribution is 8.76. The molecule has 2 aromatic rings. The number of benzene rings is 2. The van der Waals surface area contributed by atoms with Gasteiger partial charge in [0.25, 0.3) is 11.8 Å². The predicted molar refractivity (Wildman–Crippen MR) is 129 cm³/mol. The summed E-state index contributed by atoms with van der Waals surface area (Å²) in [6.45, 7) is 3.24. The van der Waals surface area contributed by atoms with E-state index in [1.54, 1.807) is 45.9 Å². The molecule has 0 fully saturated rings. The Labute approximate surface area is 197 Å². The van der Waals surface area contributed by atoms with Crippen LogP contribution in [0.15, 0.2) is 60.7 Å². The van der Waals surface area contributed by atoms with E-state index in [1.165, 1.54) is 0 Å². The van der Waals surface area contributed by atoms with Gasteiger partial charge in [0.05, 0.1) is 5.92 Å². The largest absolute Gasteiger partial charge is 0.382 e. The lowest BCUT2D eigenvalue weighted by atomic mass is 10.1. The van der Waals surface area contributed by atoms with Gasteiger partial charge in [-0.3, -0.25) is 9.59 Å². The monoisotopic (exact) mass is 478 g/mol. The Morgan fingerprint density at radius 3 is 2.16 bits per heavy atom. The Bertz CT molecular complexity index is 780. The van der Waals surface area contributed by atoms with Crippen LogP contribution in [-0.2, 0) is 14.3 Å². The fourth-order valence-corrected chi connectivity index (χ4v) is 4.88. The minimum Gasteiger partial charge on any atom is -0.382 e. The Kier molecular flexibility index (Phi) is 13.2. The number of ether oxygens (including phenoxy) is 1. The third-order valence-electron chi connectivity index (χ3n) is 4.22. The Balaban J connectivity index is 1.66. The van der Waals surface area contributed by atoms with Gasteiger partial charge in [-0.05, 0) is 44.0 Å². The van der Waals surface area contributed by atoms with Gasteiger partial charge in [-0.15, -0.1) is 0 Å². The molecule has 0 saturated carbocycles. The van der Waals surface area contributed by atoms with Crippen molar-refractivity contribution >= 4 is 33.4 Å². The number of amides is 2. The summed E-state index contributed by atoms with van der Waals surface area (Å²) in [5, 5.41) is 0. The topological polar surface area (TPSA) is 85.9 Å². The van der Waals surface area contributed by atoms with Gasteiger partial charge in [-0.2, -0.15) is 11.0 Å². The molecule has 2 N–H and O–H groups in total. The standard InChI is InChI=1S/C23H30N2O5S2/c1-2-28-16-9-10-19(23(27)25-30-21-13-7-4-8-14-21)18-32-31-17-15-22(26)24-29-20-11-5-3-6-12-20/h3-8,11-14,19H,2,9-10,15-18H2,1H3,(H,24,26)(H,25,27). The van der Waals surface area contributed by atoms with E-state index in [4.69, 9.17) is 14.4 Å². The van der Waals surface area contributed by atoms with Gasteiger partial charge in [0.2, 0.25) is 0 Å². The zero-order valence-electron chi connectivity index (χ0n) is 18.2. The van der Waals surface area contributed by atoms with Gasteiger partial charge in [0, 0.05) is 31.1 Å². The maximum absolute atomic E-state index is 12.6. The number of nitrogens with one attached hydrogen (secondary N) is 2. The highest BCUT2D eigenvalue weighted by atomic mass is 33.1. The molecule has 1 unspecified atom stereocenters. The number of hydrogen-bond acceptors (Lipinski definition) is 7.